The van der Waals surface area contributed by atoms with Gasteiger partial charge in [0.25, 0.3) is 0 Å². The summed E-state index contributed by atoms with van der Waals surface area (Å²) in [6, 6.07) is -0.201. The molecule has 128 valence electrons. The molecule has 4 saturated carbocycles. The van der Waals surface area contributed by atoms with Gasteiger partial charge >= 0.3 is 0 Å². The molecular formula is C18H27NO3S. The molecule has 0 spiro atoms. The molecule has 23 heavy (non-hydrogen) atoms. The lowest BCUT2D eigenvalue weighted by Gasteiger charge is -2.57. The predicted molar refractivity (Wildman–Crippen MR) is 89.6 cm³/mol. The number of sulfone groups is 1. The molecule has 5 aliphatic rings. The van der Waals surface area contributed by atoms with Crippen molar-refractivity contribution in [3.05, 3.63) is 11.6 Å². The van der Waals surface area contributed by atoms with Gasteiger partial charge in [-0.3, -0.25) is 4.79 Å². The van der Waals surface area contributed by atoms with Crippen LogP contribution < -0.4 is 5.32 Å². The van der Waals surface area contributed by atoms with Crippen molar-refractivity contribution in [2.24, 2.45) is 23.2 Å². The molecule has 4 aliphatic carbocycles. The van der Waals surface area contributed by atoms with E-state index >= 15 is 0 Å². The van der Waals surface area contributed by atoms with Gasteiger partial charge in [0.15, 0.2) is 9.84 Å². The molecule has 5 fully saturated rings. The van der Waals surface area contributed by atoms with Crippen LogP contribution in [0, 0.1) is 23.2 Å². The Hall–Kier alpha value is -0.840. The first-order valence-corrected chi connectivity index (χ1v) is 10.9. The largest absolute Gasteiger partial charge is 0.349 e. The second-order valence-corrected chi connectivity index (χ2v) is 10.9. The molecule has 1 N–H and O–H groups in total. The number of nitrogens with one attached hydrogen (secondary N) is 1. The Kier molecular flexibility index (Phi) is 3.63. The van der Waals surface area contributed by atoms with Gasteiger partial charge in [-0.2, -0.15) is 0 Å². The van der Waals surface area contributed by atoms with Crippen LogP contribution in [0.2, 0.25) is 0 Å². The normalized spacial score (nSPS) is 44.5. The van der Waals surface area contributed by atoms with Gasteiger partial charge in [-0.25, -0.2) is 8.42 Å². The number of allylic oxidation sites excluding steroid dienone is 1. The van der Waals surface area contributed by atoms with E-state index in [9.17, 15) is 13.2 Å². The van der Waals surface area contributed by atoms with Crippen LogP contribution in [-0.4, -0.2) is 31.9 Å². The van der Waals surface area contributed by atoms with Crippen LogP contribution >= 0.6 is 0 Å². The minimum atomic E-state index is -2.94. The zero-order valence-electron chi connectivity index (χ0n) is 13.9. The first-order chi connectivity index (χ1) is 10.8. The van der Waals surface area contributed by atoms with E-state index in [4.69, 9.17) is 0 Å². The Labute approximate surface area is 139 Å². The summed E-state index contributed by atoms with van der Waals surface area (Å²) in [6.45, 7) is 2.12. The summed E-state index contributed by atoms with van der Waals surface area (Å²) < 4.78 is 23.0. The highest BCUT2D eigenvalue weighted by Gasteiger charge is 2.51. The Bertz CT molecular complexity index is 614. The molecule has 5 heteroatoms. The zero-order valence-corrected chi connectivity index (χ0v) is 14.7. The van der Waals surface area contributed by atoms with Gasteiger partial charge in [-0.15, -0.1) is 0 Å². The molecule has 0 aromatic rings. The summed E-state index contributed by atoms with van der Waals surface area (Å²) in [7, 11) is -2.94. The molecular weight excluding hydrogens is 310 g/mol. The summed E-state index contributed by atoms with van der Waals surface area (Å²) in [4.78, 5) is 12.3. The van der Waals surface area contributed by atoms with Crippen molar-refractivity contribution in [3.63, 3.8) is 0 Å². The molecule has 4 bridgehead atoms. The summed E-state index contributed by atoms with van der Waals surface area (Å²) >= 11 is 0. The zero-order chi connectivity index (χ0) is 16.2. The third kappa shape index (κ3) is 2.97. The van der Waals surface area contributed by atoms with Crippen LogP contribution in [0.3, 0.4) is 0 Å². The van der Waals surface area contributed by atoms with Gasteiger partial charge in [0.1, 0.15) is 0 Å². The van der Waals surface area contributed by atoms with Crippen LogP contribution in [0.5, 0.6) is 0 Å². The predicted octanol–water partition coefficient (Wildman–Crippen LogP) is 2.45. The van der Waals surface area contributed by atoms with Gasteiger partial charge in [0, 0.05) is 12.1 Å². The maximum absolute atomic E-state index is 12.3. The van der Waals surface area contributed by atoms with Crippen LogP contribution in [-0.2, 0) is 14.6 Å². The Morgan fingerprint density at radius 2 is 1.65 bits per heavy atom. The van der Waals surface area contributed by atoms with Gasteiger partial charge in [-0.05, 0) is 75.0 Å². The third-order valence-electron chi connectivity index (χ3n) is 6.80. The number of amides is 1. The van der Waals surface area contributed by atoms with E-state index in [2.05, 4.69) is 12.2 Å². The highest BCUT2D eigenvalue weighted by molar-refractivity contribution is 7.91. The standard InChI is InChI=1S/C18H27NO3S/c1-12(4-17(20)19-16-2-3-23(21,22)11-16)18-8-13-5-14(9-18)7-15(6-13)10-18/h4,13-16H,2-3,5-11H2,1H3,(H,19,20)/b12-4+/t13?,14?,15?,16-,18?/m1/s1. The maximum atomic E-state index is 12.3. The van der Waals surface area contributed by atoms with Crippen molar-refractivity contribution in [2.45, 2.75) is 57.9 Å². The number of hydrogen-bond acceptors (Lipinski definition) is 3. The van der Waals surface area contributed by atoms with Crippen LogP contribution in [0.25, 0.3) is 0 Å². The van der Waals surface area contributed by atoms with E-state index in [0.29, 0.717) is 6.42 Å². The fourth-order valence-electron chi connectivity index (χ4n) is 6.10. The Morgan fingerprint density at radius 3 is 2.13 bits per heavy atom. The minimum Gasteiger partial charge on any atom is -0.349 e. The average molecular weight is 337 g/mol. The van der Waals surface area contributed by atoms with Crippen molar-refractivity contribution in [3.8, 4) is 0 Å². The van der Waals surface area contributed by atoms with E-state index < -0.39 is 9.84 Å². The molecule has 0 unspecified atom stereocenters. The van der Waals surface area contributed by atoms with Crippen molar-refractivity contribution in [2.75, 3.05) is 11.5 Å². The quantitative estimate of drug-likeness (QED) is 0.805. The lowest BCUT2D eigenvalue weighted by Crippen LogP contribution is -2.47. The SMILES string of the molecule is C/C(=C\C(=O)N[C@@H]1CCS(=O)(=O)C1)C12CC3CC(CC(C3)C1)C2. The van der Waals surface area contributed by atoms with Crippen molar-refractivity contribution < 1.29 is 13.2 Å². The summed E-state index contributed by atoms with van der Waals surface area (Å²) in [6.07, 6.45) is 10.3. The molecule has 4 nitrogen and oxygen atoms in total. The highest BCUT2D eigenvalue weighted by atomic mass is 32.2. The highest BCUT2D eigenvalue weighted by Crippen LogP contribution is 2.62. The fraction of sp³-hybridized carbons (Fsp3) is 0.833. The summed E-state index contributed by atoms with van der Waals surface area (Å²) in [5.41, 5.74) is 1.49. The van der Waals surface area contributed by atoms with Gasteiger partial charge in [0.05, 0.1) is 11.5 Å². The third-order valence-corrected chi connectivity index (χ3v) is 8.57. The van der Waals surface area contributed by atoms with E-state index in [1.807, 2.05) is 0 Å². The van der Waals surface area contributed by atoms with E-state index in [-0.39, 0.29) is 28.9 Å². The monoisotopic (exact) mass is 337 g/mol. The smallest absolute Gasteiger partial charge is 0.244 e. The second-order valence-electron chi connectivity index (χ2n) is 8.63. The first kappa shape index (κ1) is 15.7. The molecule has 1 amide bonds. The number of carbonyl (C=O) groups excluding carboxylic acids is 1. The van der Waals surface area contributed by atoms with Gasteiger partial charge in [0.2, 0.25) is 5.91 Å². The number of hydrogen-bond donors (Lipinski definition) is 1. The van der Waals surface area contributed by atoms with Crippen LogP contribution in [0.15, 0.2) is 11.6 Å². The second kappa shape index (κ2) is 5.33. The van der Waals surface area contributed by atoms with Crippen LogP contribution in [0.4, 0.5) is 0 Å². The van der Waals surface area contributed by atoms with Crippen LogP contribution in [0.1, 0.15) is 51.9 Å². The molecule has 1 aliphatic heterocycles. The number of carbonyl (C=O) groups is 1. The van der Waals surface area contributed by atoms with Gasteiger partial charge in [-0.1, -0.05) is 5.57 Å². The maximum Gasteiger partial charge on any atom is 0.244 e. The number of rotatable bonds is 3. The molecule has 1 saturated heterocycles. The molecule has 1 atom stereocenters. The average Bonchev–Trinajstić information content (AvgIpc) is 2.76. The molecule has 1 heterocycles. The molecule has 0 radical (unpaired) electrons. The lowest BCUT2D eigenvalue weighted by molar-refractivity contribution is -0.117. The van der Waals surface area contributed by atoms with Crippen molar-refractivity contribution in [1.29, 1.82) is 0 Å². The van der Waals surface area contributed by atoms with Crippen molar-refractivity contribution in [1.82, 2.24) is 5.32 Å². The summed E-state index contributed by atoms with van der Waals surface area (Å²) in [5, 5.41) is 2.90. The van der Waals surface area contributed by atoms with E-state index in [1.165, 1.54) is 44.1 Å². The molecule has 0 aromatic carbocycles. The van der Waals surface area contributed by atoms with Gasteiger partial charge < -0.3 is 5.32 Å². The topological polar surface area (TPSA) is 63.2 Å². The Morgan fingerprint density at radius 1 is 1.09 bits per heavy atom. The summed E-state index contributed by atoms with van der Waals surface area (Å²) in [5.74, 6) is 2.81. The minimum absolute atomic E-state index is 0.0969. The van der Waals surface area contributed by atoms with E-state index in [1.54, 1.807) is 6.08 Å². The lowest BCUT2D eigenvalue weighted by atomic mass is 9.48. The molecule has 0 aromatic heterocycles. The van der Waals surface area contributed by atoms with E-state index in [0.717, 1.165) is 17.8 Å². The Balaban J connectivity index is 1.45. The fourth-order valence-corrected chi connectivity index (χ4v) is 7.77. The molecule has 5 rings (SSSR count). The van der Waals surface area contributed by atoms with Crippen molar-refractivity contribution >= 4 is 15.7 Å². The first-order valence-electron chi connectivity index (χ1n) is 9.03.